The molecule has 3 N–H and O–H groups in total. The summed E-state index contributed by atoms with van der Waals surface area (Å²) in [7, 11) is 0. The maximum absolute atomic E-state index is 12.3. The highest BCUT2D eigenvalue weighted by molar-refractivity contribution is 7.09. The van der Waals surface area contributed by atoms with E-state index >= 15 is 0 Å². The fraction of sp³-hybridized carbons (Fsp3) is 0.412. The number of nitrogens with one attached hydrogen (secondary N) is 1. The SMILES string of the molecule is Cl.Cl.NCc1nc(C(=O)Nc2cccc(N3CCCCCC3)c2)cs1. The summed E-state index contributed by atoms with van der Waals surface area (Å²) in [5, 5.41) is 5.45. The Morgan fingerprint density at radius 1 is 1.20 bits per heavy atom. The van der Waals surface area contributed by atoms with E-state index in [4.69, 9.17) is 5.73 Å². The highest BCUT2D eigenvalue weighted by atomic mass is 35.5. The van der Waals surface area contributed by atoms with Crippen LogP contribution in [0.15, 0.2) is 29.6 Å². The Morgan fingerprint density at radius 3 is 2.56 bits per heavy atom. The first-order valence-corrected chi connectivity index (χ1v) is 8.95. The number of carbonyl (C=O) groups excluding carboxylic acids is 1. The lowest BCUT2D eigenvalue weighted by Gasteiger charge is -2.23. The van der Waals surface area contributed by atoms with E-state index < -0.39 is 0 Å². The number of nitrogens with zero attached hydrogens (tertiary/aromatic N) is 2. The first kappa shape index (κ1) is 21.7. The summed E-state index contributed by atoms with van der Waals surface area (Å²) in [6, 6.07) is 8.05. The molecule has 0 aliphatic carbocycles. The van der Waals surface area contributed by atoms with Gasteiger partial charge in [0.1, 0.15) is 10.7 Å². The van der Waals surface area contributed by atoms with Crippen molar-refractivity contribution in [2.24, 2.45) is 5.73 Å². The van der Waals surface area contributed by atoms with Gasteiger partial charge in [0.05, 0.1) is 0 Å². The van der Waals surface area contributed by atoms with Crippen molar-refractivity contribution < 1.29 is 4.79 Å². The molecule has 25 heavy (non-hydrogen) atoms. The molecule has 1 aliphatic rings. The number of carbonyl (C=O) groups is 1. The highest BCUT2D eigenvalue weighted by Gasteiger charge is 2.13. The number of benzene rings is 1. The average molecular weight is 403 g/mol. The van der Waals surface area contributed by atoms with Gasteiger partial charge in [0.15, 0.2) is 0 Å². The highest BCUT2D eigenvalue weighted by Crippen LogP contribution is 2.23. The molecule has 1 amide bonds. The Labute approximate surface area is 164 Å². The molecule has 1 saturated heterocycles. The Balaban J connectivity index is 0.00000156. The van der Waals surface area contributed by atoms with Crippen molar-refractivity contribution in [3.8, 4) is 0 Å². The van der Waals surface area contributed by atoms with Crippen LogP contribution in [-0.4, -0.2) is 24.0 Å². The molecule has 1 aliphatic heterocycles. The maximum Gasteiger partial charge on any atom is 0.275 e. The van der Waals surface area contributed by atoms with Crippen molar-refractivity contribution in [1.82, 2.24) is 4.98 Å². The number of aromatic nitrogens is 1. The standard InChI is InChI=1S/C17H22N4OS.2ClH/c18-11-16-20-15(12-23-16)17(22)19-13-6-5-7-14(10-13)21-8-3-1-2-4-9-21;;/h5-7,10,12H,1-4,8-9,11,18H2,(H,19,22);2*1H. The van der Waals surface area contributed by atoms with E-state index in [1.54, 1.807) is 5.38 Å². The predicted molar refractivity (Wildman–Crippen MR) is 110 cm³/mol. The molecule has 0 saturated carbocycles. The summed E-state index contributed by atoms with van der Waals surface area (Å²) in [4.78, 5) is 18.9. The van der Waals surface area contributed by atoms with Crippen LogP contribution in [-0.2, 0) is 6.54 Å². The molecule has 2 aromatic rings. The number of hydrogen-bond donors (Lipinski definition) is 2. The van der Waals surface area contributed by atoms with Crippen LogP contribution in [0.4, 0.5) is 11.4 Å². The van der Waals surface area contributed by atoms with E-state index in [2.05, 4.69) is 21.3 Å². The van der Waals surface area contributed by atoms with Crippen LogP contribution in [0.5, 0.6) is 0 Å². The summed E-state index contributed by atoms with van der Waals surface area (Å²) < 4.78 is 0. The van der Waals surface area contributed by atoms with E-state index in [1.165, 1.54) is 42.7 Å². The molecule has 138 valence electrons. The summed E-state index contributed by atoms with van der Waals surface area (Å²) in [5.41, 5.74) is 7.94. The Hall–Kier alpha value is -1.34. The largest absolute Gasteiger partial charge is 0.371 e. The number of halogens is 2. The molecule has 1 fully saturated rings. The molecule has 0 bridgehead atoms. The molecule has 0 unspecified atom stereocenters. The van der Waals surface area contributed by atoms with Crippen LogP contribution in [0, 0.1) is 0 Å². The second kappa shape index (κ2) is 10.6. The summed E-state index contributed by atoms with van der Waals surface area (Å²) in [6.45, 7) is 2.54. The predicted octanol–water partition coefficient (Wildman–Crippen LogP) is 4.08. The van der Waals surface area contributed by atoms with Gasteiger partial charge in [-0.15, -0.1) is 36.2 Å². The topological polar surface area (TPSA) is 71.2 Å². The van der Waals surface area contributed by atoms with Gasteiger partial charge in [-0.3, -0.25) is 4.79 Å². The molecule has 1 aromatic carbocycles. The van der Waals surface area contributed by atoms with E-state index in [9.17, 15) is 4.79 Å². The van der Waals surface area contributed by atoms with Gasteiger partial charge in [-0.1, -0.05) is 18.9 Å². The van der Waals surface area contributed by atoms with Gasteiger partial charge in [0.25, 0.3) is 5.91 Å². The van der Waals surface area contributed by atoms with Crippen LogP contribution in [0.2, 0.25) is 0 Å². The molecule has 1 aromatic heterocycles. The molecule has 0 atom stereocenters. The molecule has 3 rings (SSSR count). The third kappa shape index (κ3) is 5.85. The van der Waals surface area contributed by atoms with Crippen molar-refractivity contribution in [2.75, 3.05) is 23.3 Å². The lowest BCUT2D eigenvalue weighted by atomic mass is 10.2. The molecular formula is C17H24Cl2N4OS. The quantitative estimate of drug-likeness (QED) is 0.807. The van der Waals surface area contributed by atoms with E-state index in [0.717, 1.165) is 23.8 Å². The minimum absolute atomic E-state index is 0. The molecule has 8 heteroatoms. The van der Waals surface area contributed by atoms with Crippen molar-refractivity contribution >= 4 is 53.4 Å². The van der Waals surface area contributed by atoms with Gasteiger partial charge in [-0.25, -0.2) is 4.98 Å². The number of rotatable bonds is 4. The van der Waals surface area contributed by atoms with Crippen LogP contribution < -0.4 is 16.0 Å². The van der Waals surface area contributed by atoms with Crippen LogP contribution in [0.1, 0.15) is 41.2 Å². The van der Waals surface area contributed by atoms with Crippen molar-refractivity contribution in [3.63, 3.8) is 0 Å². The summed E-state index contributed by atoms with van der Waals surface area (Å²) >= 11 is 1.41. The van der Waals surface area contributed by atoms with Gasteiger partial charge in [0.2, 0.25) is 0 Å². The Bertz CT molecular complexity index is 672. The second-order valence-corrected chi connectivity index (χ2v) is 6.68. The zero-order chi connectivity index (χ0) is 16.1. The fourth-order valence-corrected chi connectivity index (χ4v) is 3.47. The zero-order valence-corrected chi connectivity index (χ0v) is 16.4. The Kier molecular flexibility index (Phi) is 9.21. The second-order valence-electron chi connectivity index (χ2n) is 5.74. The molecule has 0 radical (unpaired) electrons. The van der Waals surface area contributed by atoms with Crippen molar-refractivity contribution in [3.05, 3.63) is 40.3 Å². The molecule has 5 nitrogen and oxygen atoms in total. The molecule has 2 heterocycles. The maximum atomic E-state index is 12.3. The first-order chi connectivity index (χ1) is 11.3. The van der Waals surface area contributed by atoms with Gasteiger partial charge in [-0.05, 0) is 31.0 Å². The van der Waals surface area contributed by atoms with Gasteiger partial charge >= 0.3 is 0 Å². The van der Waals surface area contributed by atoms with Gasteiger partial charge in [0, 0.05) is 36.4 Å². The zero-order valence-electron chi connectivity index (χ0n) is 13.9. The third-order valence-corrected chi connectivity index (χ3v) is 4.91. The Morgan fingerprint density at radius 2 is 1.92 bits per heavy atom. The molecule has 0 spiro atoms. The van der Waals surface area contributed by atoms with E-state index in [-0.39, 0.29) is 30.7 Å². The number of amides is 1. The monoisotopic (exact) mass is 402 g/mol. The van der Waals surface area contributed by atoms with Crippen molar-refractivity contribution in [1.29, 1.82) is 0 Å². The smallest absolute Gasteiger partial charge is 0.275 e. The number of hydrogen-bond acceptors (Lipinski definition) is 5. The number of nitrogens with two attached hydrogens (primary N) is 1. The minimum atomic E-state index is -0.186. The van der Waals surface area contributed by atoms with Gasteiger partial charge < -0.3 is 16.0 Å². The van der Waals surface area contributed by atoms with Gasteiger partial charge in [-0.2, -0.15) is 0 Å². The number of anilines is 2. The van der Waals surface area contributed by atoms with E-state index in [0.29, 0.717) is 12.2 Å². The first-order valence-electron chi connectivity index (χ1n) is 8.07. The van der Waals surface area contributed by atoms with Crippen LogP contribution in [0.3, 0.4) is 0 Å². The summed E-state index contributed by atoms with van der Waals surface area (Å²) in [6.07, 6.45) is 5.08. The van der Waals surface area contributed by atoms with E-state index in [1.807, 2.05) is 18.2 Å². The fourth-order valence-electron chi connectivity index (χ4n) is 2.81. The third-order valence-electron chi connectivity index (χ3n) is 4.03. The molecular weight excluding hydrogens is 379 g/mol. The van der Waals surface area contributed by atoms with Crippen LogP contribution in [0.25, 0.3) is 0 Å². The van der Waals surface area contributed by atoms with Crippen molar-refractivity contribution in [2.45, 2.75) is 32.2 Å². The lowest BCUT2D eigenvalue weighted by molar-refractivity contribution is 0.102. The minimum Gasteiger partial charge on any atom is -0.371 e. The average Bonchev–Trinajstić information content (AvgIpc) is 2.89. The lowest BCUT2D eigenvalue weighted by Crippen LogP contribution is -2.24. The summed E-state index contributed by atoms with van der Waals surface area (Å²) in [5.74, 6) is -0.186. The normalized spacial score (nSPS) is 14.0. The number of thiazole rings is 1. The van der Waals surface area contributed by atoms with Crippen LogP contribution >= 0.6 is 36.2 Å².